The van der Waals surface area contributed by atoms with Gasteiger partial charge in [0.05, 0.1) is 5.52 Å². The van der Waals surface area contributed by atoms with E-state index in [-0.39, 0.29) is 0 Å². The molecule has 2 aromatic heterocycles. The van der Waals surface area contributed by atoms with Crippen molar-refractivity contribution in [3.8, 4) is 6.07 Å². The summed E-state index contributed by atoms with van der Waals surface area (Å²) >= 11 is 0. The van der Waals surface area contributed by atoms with Crippen LogP contribution in [0.3, 0.4) is 0 Å². The molecule has 0 spiro atoms. The van der Waals surface area contributed by atoms with E-state index in [1.807, 2.05) is 30.5 Å². The monoisotopic (exact) mass is 357 g/mol. The zero-order chi connectivity index (χ0) is 18.6. The third-order valence-corrected chi connectivity index (χ3v) is 5.23. The van der Waals surface area contributed by atoms with Crippen molar-refractivity contribution in [1.29, 1.82) is 5.26 Å². The Morgan fingerprint density at radius 2 is 2.00 bits per heavy atom. The second kappa shape index (κ2) is 7.63. The molecule has 0 unspecified atom stereocenters. The largest absolute Gasteiger partial charge is 0.380 e. The number of nitrogens with one attached hydrogen (secondary N) is 1. The molecule has 3 heterocycles. The van der Waals surface area contributed by atoms with Gasteiger partial charge in [-0.15, -0.1) is 0 Å². The first-order chi connectivity index (χ1) is 13.2. The SMILES string of the molecule is CC1CCN(c2ccc(CNc3cc(C#N)nc4ccccc34)cn2)CC1. The van der Waals surface area contributed by atoms with Gasteiger partial charge >= 0.3 is 0 Å². The van der Waals surface area contributed by atoms with Crippen molar-refractivity contribution in [3.05, 3.63) is 59.9 Å². The van der Waals surface area contributed by atoms with E-state index in [4.69, 9.17) is 0 Å². The number of benzene rings is 1. The maximum atomic E-state index is 9.22. The highest BCUT2D eigenvalue weighted by Gasteiger charge is 2.16. The molecule has 3 aromatic rings. The highest BCUT2D eigenvalue weighted by molar-refractivity contribution is 5.91. The van der Waals surface area contributed by atoms with E-state index < -0.39 is 0 Å². The number of fused-ring (bicyclic) bond motifs is 1. The Kier molecular flexibility index (Phi) is 4.88. The molecule has 1 aliphatic heterocycles. The molecule has 0 saturated carbocycles. The molecule has 1 fully saturated rings. The summed E-state index contributed by atoms with van der Waals surface area (Å²) in [5.41, 5.74) is 3.28. The van der Waals surface area contributed by atoms with Crippen molar-refractivity contribution >= 4 is 22.4 Å². The number of hydrogen-bond acceptors (Lipinski definition) is 5. The summed E-state index contributed by atoms with van der Waals surface area (Å²) in [6.07, 6.45) is 4.41. The van der Waals surface area contributed by atoms with E-state index >= 15 is 0 Å². The van der Waals surface area contributed by atoms with E-state index in [9.17, 15) is 5.26 Å². The third kappa shape index (κ3) is 3.85. The molecule has 0 bridgehead atoms. The van der Waals surface area contributed by atoms with Crippen LogP contribution in [0.4, 0.5) is 11.5 Å². The number of aromatic nitrogens is 2. The van der Waals surface area contributed by atoms with Crippen LogP contribution in [0.5, 0.6) is 0 Å². The van der Waals surface area contributed by atoms with Crippen LogP contribution in [0, 0.1) is 17.2 Å². The molecule has 1 aromatic carbocycles. The molecule has 0 radical (unpaired) electrons. The number of anilines is 2. The van der Waals surface area contributed by atoms with Gasteiger partial charge in [-0.05, 0) is 42.5 Å². The minimum absolute atomic E-state index is 0.420. The van der Waals surface area contributed by atoms with Gasteiger partial charge in [-0.3, -0.25) is 0 Å². The van der Waals surface area contributed by atoms with Crippen LogP contribution in [-0.4, -0.2) is 23.1 Å². The van der Waals surface area contributed by atoms with E-state index in [1.165, 1.54) is 12.8 Å². The van der Waals surface area contributed by atoms with Crippen LogP contribution >= 0.6 is 0 Å². The topological polar surface area (TPSA) is 64.8 Å². The lowest BCUT2D eigenvalue weighted by Gasteiger charge is -2.31. The smallest absolute Gasteiger partial charge is 0.143 e. The van der Waals surface area contributed by atoms with Crippen LogP contribution < -0.4 is 10.2 Å². The van der Waals surface area contributed by atoms with Crippen LogP contribution in [0.15, 0.2) is 48.7 Å². The maximum Gasteiger partial charge on any atom is 0.143 e. The molecule has 1 aliphatic rings. The van der Waals surface area contributed by atoms with E-state index in [0.29, 0.717) is 12.2 Å². The van der Waals surface area contributed by atoms with E-state index in [0.717, 1.165) is 47.0 Å². The number of para-hydroxylation sites is 1. The Balaban J connectivity index is 1.48. The van der Waals surface area contributed by atoms with Gasteiger partial charge in [0.25, 0.3) is 0 Å². The van der Waals surface area contributed by atoms with Gasteiger partial charge in [0, 0.05) is 36.9 Å². The molecule has 1 saturated heterocycles. The van der Waals surface area contributed by atoms with Gasteiger partial charge in [0.1, 0.15) is 17.6 Å². The van der Waals surface area contributed by atoms with E-state index in [1.54, 1.807) is 6.07 Å². The number of hydrogen-bond donors (Lipinski definition) is 1. The highest BCUT2D eigenvalue weighted by atomic mass is 15.2. The van der Waals surface area contributed by atoms with Crippen LogP contribution in [0.25, 0.3) is 10.9 Å². The Morgan fingerprint density at radius 1 is 1.19 bits per heavy atom. The van der Waals surface area contributed by atoms with Crippen LogP contribution in [-0.2, 0) is 6.54 Å². The van der Waals surface area contributed by atoms with Gasteiger partial charge in [-0.2, -0.15) is 5.26 Å². The quantitative estimate of drug-likeness (QED) is 0.752. The number of pyridine rings is 2. The molecular weight excluding hydrogens is 334 g/mol. The Hall–Kier alpha value is -3.13. The third-order valence-electron chi connectivity index (χ3n) is 5.23. The molecule has 27 heavy (non-hydrogen) atoms. The average Bonchev–Trinajstić information content (AvgIpc) is 2.73. The number of piperidine rings is 1. The summed E-state index contributed by atoms with van der Waals surface area (Å²) in [4.78, 5) is 11.4. The summed E-state index contributed by atoms with van der Waals surface area (Å²) in [6.45, 7) is 5.15. The molecule has 0 aliphatic carbocycles. The average molecular weight is 357 g/mol. The first-order valence-electron chi connectivity index (χ1n) is 9.46. The van der Waals surface area contributed by atoms with E-state index in [2.05, 4.69) is 45.3 Å². The summed E-state index contributed by atoms with van der Waals surface area (Å²) in [5.74, 6) is 1.88. The van der Waals surface area contributed by atoms with Crippen molar-refractivity contribution in [1.82, 2.24) is 9.97 Å². The Bertz CT molecular complexity index is 966. The van der Waals surface area contributed by atoms with Crippen molar-refractivity contribution in [3.63, 3.8) is 0 Å². The zero-order valence-electron chi connectivity index (χ0n) is 15.5. The number of rotatable bonds is 4. The normalized spacial score (nSPS) is 14.9. The molecule has 1 N–H and O–H groups in total. The van der Waals surface area contributed by atoms with Crippen LogP contribution in [0.1, 0.15) is 31.0 Å². The van der Waals surface area contributed by atoms with Crippen molar-refractivity contribution in [2.75, 3.05) is 23.3 Å². The van der Waals surface area contributed by atoms with Crippen molar-refractivity contribution < 1.29 is 0 Å². The Labute approximate surface area is 159 Å². The minimum atomic E-state index is 0.420. The predicted molar refractivity (Wildman–Crippen MR) is 109 cm³/mol. The molecule has 4 rings (SSSR count). The first kappa shape index (κ1) is 17.3. The molecule has 5 heteroatoms. The molecule has 5 nitrogen and oxygen atoms in total. The Morgan fingerprint density at radius 3 is 2.74 bits per heavy atom. The van der Waals surface area contributed by atoms with Crippen molar-refractivity contribution in [2.45, 2.75) is 26.3 Å². The number of nitriles is 1. The van der Waals surface area contributed by atoms with Crippen LogP contribution in [0.2, 0.25) is 0 Å². The van der Waals surface area contributed by atoms with Gasteiger partial charge in [0.2, 0.25) is 0 Å². The second-order valence-corrected chi connectivity index (χ2v) is 7.23. The number of nitrogens with zero attached hydrogens (tertiary/aromatic N) is 4. The molecule has 0 amide bonds. The molecule has 0 atom stereocenters. The fraction of sp³-hybridized carbons (Fsp3) is 0.318. The van der Waals surface area contributed by atoms with Gasteiger partial charge in [0.15, 0.2) is 0 Å². The lowest BCUT2D eigenvalue weighted by atomic mass is 9.99. The second-order valence-electron chi connectivity index (χ2n) is 7.23. The highest BCUT2D eigenvalue weighted by Crippen LogP contribution is 2.24. The molecule has 136 valence electrons. The standard InChI is InChI=1S/C22H23N5/c1-16-8-10-27(11-9-16)22-7-6-17(15-25-22)14-24-21-12-18(13-23)26-20-5-3-2-4-19(20)21/h2-7,12,15-16H,8-11,14H2,1H3,(H,24,26). The maximum absolute atomic E-state index is 9.22. The van der Waals surface area contributed by atoms with Crippen molar-refractivity contribution in [2.24, 2.45) is 5.92 Å². The lowest BCUT2D eigenvalue weighted by Crippen LogP contribution is -2.33. The van der Waals surface area contributed by atoms with Gasteiger partial charge in [-0.1, -0.05) is 31.2 Å². The zero-order valence-corrected chi connectivity index (χ0v) is 15.5. The van der Waals surface area contributed by atoms with Gasteiger partial charge in [-0.25, -0.2) is 9.97 Å². The summed E-state index contributed by atoms with van der Waals surface area (Å²) in [5, 5.41) is 13.7. The fourth-order valence-corrected chi connectivity index (χ4v) is 3.52. The van der Waals surface area contributed by atoms with Gasteiger partial charge < -0.3 is 10.2 Å². The summed E-state index contributed by atoms with van der Waals surface area (Å²) in [7, 11) is 0. The minimum Gasteiger partial charge on any atom is -0.380 e. The fourth-order valence-electron chi connectivity index (χ4n) is 3.52. The first-order valence-corrected chi connectivity index (χ1v) is 9.46. The summed E-state index contributed by atoms with van der Waals surface area (Å²) in [6, 6.07) is 16.0. The summed E-state index contributed by atoms with van der Waals surface area (Å²) < 4.78 is 0. The lowest BCUT2D eigenvalue weighted by molar-refractivity contribution is 0.436. The predicted octanol–water partition coefficient (Wildman–Crippen LogP) is 4.35. The molecular formula is C22H23N5.